The molecule has 1 rings (SSSR count). The number of carboxylic acid groups (broad SMARTS) is 1. The van der Waals surface area contributed by atoms with E-state index in [-0.39, 0.29) is 23.8 Å². The number of ether oxygens (including phenoxy) is 1. The highest BCUT2D eigenvalue weighted by Gasteiger charge is 2.26. The fraction of sp³-hybridized carbons (Fsp3) is 0.462. The molecule has 0 amide bonds. The summed E-state index contributed by atoms with van der Waals surface area (Å²) < 4.78 is 6.10. The predicted molar refractivity (Wildman–Crippen MR) is 72.1 cm³/mol. The molecule has 0 aromatic heterocycles. The van der Waals surface area contributed by atoms with Gasteiger partial charge in [0.05, 0.1) is 5.60 Å². The fourth-order valence-corrected chi connectivity index (χ4v) is 1.55. The first kappa shape index (κ1) is 15.0. The lowest BCUT2D eigenvalue weighted by Gasteiger charge is -2.27. The molecular weight excluding hydrogens is 300 g/mol. The molecule has 0 aliphatic heterocycles. The summed E-state index contributed by atoms with van der Waals surface area (Å²) in [5, 5.41) is 19.1. The minimum atomic E-state index is -1.06. The first-order valence-corrected chi connectivity index (χ1v) is 6.41. The molecule has 0 fully saturated rings. The maximum atomic E-state index is 11.1. The molecule has 1 aromatic rings. The summed E-state index contributed by atoms with van der Waals surface area (Å²) in [5.41, 5.74) is -0.924. The van der Waals surface area contributed by atoms with Gasteiger partial charge >= 0.3 is 5.97 Å². The number of aromatic carboxylic acids is 1. The Morgan fingerprint density at radius 3 is 2.61 bits per heavy atom. The van der Waals surface area contributed by atoms with Crippen molar-refractivity contribution in [3.05, 3.63) is 28.2 Å². The van der Waals surface area contributed by atoms with Crippen LogP contribution >= 0.6 is 15.9 Å². The number of carboxylic acids is 1. The SMILES string of the molecule is CC(C)C(C)(O)COc1ccc(Br)cc1C(=O)O. The third-order valence-corrected chi connectivity index (χ3v) is 3.43. The van der Waals surface area contributed by atoms with E-state index in [4.69, 9.17) is 9.84 Å². The van der Waals surface area contributed by atoms with Gasteiger partial charge in [-0.05, 0) is 31.0 Å². The Kier molecular flexibility index (Phi) is 4.76. The normalized spacial score (nSPS) is 14.3. The summed E-state index contributed by atoms with van der Waals surface area (Å²) in [7, 11) is 0. The molecule has 1 atom stereocenters. The van der Waals surface area contributed by atoms with Crippen LogP contribution in [0, 0.1) is 5.92 Å². The van der Waals surface area contributed by atoms with Gasteiger partial charge in [-0.2, -0.15) is 0 Å². The lowest BCUT2D eigenvalue weighted by molar-refractivity contribution is -0.0269. The van der Waals surface area contributed by atoms with E-state index in [0.717, 1.165) is 0 Å². The minimum Gasteiger partial charge on any atom is -0.490 e. The maximum Gasteiger partial charge on any atom is 0.339 e. The van der Waals surface area contributed by atoms with Gasteiger partial charge in [0.25, 0.3) is 0 Å². The average Bonchev–Trinajstić information content (AvgIpc) is 2.27. The topological polar surface area (TPSA) is 66.8 Å². The molecule has 1 unspecified atom stereocenters. The second-order valence-electron chi connectivity index (χ2n) is 4.75. The van der Waals surface area contributed by atoms with Gasteiger partial charge in [-0.1, -0.05) is 29.8 Å². The van der Waals surface area contributed by atoms with Crippen LogP contribution in [0.15, 0.2) is 22.7 Å². The van der Waals surface area contributed by atoms with Crippen molar-refractivity contribution < 1.29 is 19.7 Å². The van der Waals surface area contributed by atoms with Gasteiger partial charge in [0.1, 0.15) is 17.9 Å². The highest BCUT2D eigenvalue weighted by molar-refractivity contribution is 9.10. The Morgan fingerprint density at radius 2 is 2.11 bits per heavy atom. The minimum absolute atomic E-state index is 0.0150. The quantitative estimate of drug-likeness (QED) is 0.876. The second kappa shape index (κ2) is 5.71. The van der Waals surface area contributed by atoms with Crippen molar-refractivity contribution in [1.82, 2.24) is 0 Å². The number of hydrogen-bond acceptors (Lipinski definition) is 3. The van der Waals surface area contributed by atoms with E-state index in [9.17, 15) is 9.90 Å². The number of halogens is 1. The average molecular weight is 317 g/mol. The van der Waals surface area contributed by atoms with Crippen molar-refractivity contribution in [3.8, 4) is 5.75 Å². The van der Waals surface area contributed by atoms with E-state index in [2.05, 4.69) is 15.9 Å². The molecule has 18 heavy (non-hydrogen) atoms. The summed E-state index contributed by atoms with van der Waals surface area (Å²) in [6.07, 6.45) is 0. The van der Waals surface area contributed by atoms with Crippen LogP contribution in [-0.2, 0) is 0 Å². The Balaban J connectivity index is 2.89. The smallest absolute Gasteiger partial charge is 0.339 e. The number of carbonyl (C=O) groups is 1. The molecule has 1 aromatic carbocycles. The molecule has 0 bridgehead atoms. The molecule has 2 N–H and O–H groups in total. The van der Waals surface area contributed by atoms with Crippen molar-refractivity contribution in [2.24, 2.45) is 5.92 Å². The summed E-state index contributed by atoms with van der Waals surface area (Å²) in [6.45, 7) is 5.47. The van der Waals surface area contributed by atoms with Crippen LogP contribution in [-0.4, -0.2) is 28.4 Å². The number of rotatable bonds is 5. The summed E-state index contributed by atoms with van der Waals surface area (Å²) in [5.74, 6) is -0.789. The predicted octanol–water partition coefficient (Wildman–Crippen LogP) is 2.93. The van der Waals surface area contributed by atoms with Crippen molar-refractivity contribution in [2.75, 3.05) is 6.61 Å². The van der Waals surface area contributed by atoms with Crippen LogP contribution in [0.5, 0.6) is 5.75 Å². The van der Waals surface area contributed by atoms with E-state index in [1.807, 2.05) is 13.8 Å². The van der Waals surface area contributed by atoms with Crippen LogP contribution in [0.1, 0.15) is 31.1 Å². The van der Waals surface area contributed by atoms with Gasteiger partial charge in [0.15, 0.2) is 0 Å². The van der Waals surface area contributed by atoms with Crippen molar-refractivity contribution in [1.29, 1.82) is 0 Å². The van der Waals surface area contributed by atoms with Crippen molar-refractivity contribution in [2.45, 2.75) is 26.4 Å². The van der Waals surface area contributed by atoms with Gasteiger partial charge in [-0.15, -0.1) is 0 Å². The van der Waals surface area contributed by atoms with E-state index in [1.54, 1.807) is 19.1 Å². The van der Waals surface area contributed by atoms with Crippen LogP contribution < -0.4 is 4.74 Å². The summed E-state index contributed by atoms with van der Waals surface area (Å²) in [6, 6.07) is 4.75. The number of aliphatic hydroxyl groups is 1. The van der Waals surface area contributed by atoms with E-state index in [1.165, 1.54) is 6.07 Å². The van der Waals surface area contributed by atoms with Gasteiger partial charge in [-0.3, -0.25) is 0 Å². The van der Waals surface area contributed by atoms with Crippen LogP contribution in [0.4, 0.5) is 0 Å². The van der Waals surface area contributed by atoms with Crippen LogP contribution in [0.2, 0.25) is 0 Å². The summed E-state index contributed by atoms with van der Waals surface area (Å²) >= 11 is 3.21. The molecule has 0 radical (unpaired) electrons. The molecule has 0 saturated carbocycles. The number of hydrogen-bond donors (Lipinski definition) is 2. The van der Waals surface area contributed by atoms with E-state index in [0.29, 0.717) is 4.47 Å². The van der Waals surface area contributed by atoms with Crippen molar-refractivity contribution >= 4 is 21.9 Å². The molecule has 0 heterocycles. The molecule has 0 aliphatic carbocycles. The van der Waals surface area contributed by atoms with Gasteiger partial charge in [0.2, 0.25) is 0 Å². The van der Waals surface area contributed by atoms with Gasteiger partial charge in [-0.25, -0.2) is 4.79 Å². The standard InChI is InChI=1S/C13H17BrO4/c1-8(2)13(3,17)7-18-11-5-4-9(14)6-10(11)12(15)16/h4-6,8,17H,7H2,1-3H3,(H,15,16). The molecular formula is C13H17BrO4. The monoisotopic (exact) mass is 316 g/mol. The molecule has 5 heteroatoms. The molecule has 4 nitrogen and oxygen atoms in total. The zero-order valence-electron chi connectivity index (χ0n) is 10.6. The largest absolute Gasteiger partial charge is 0.490 e. The fourth-order valence-electron chi connectivity index (χ4n) is 1.19. The van der Waals surface area contributed by atoms with Gasteiger partial charge in [0, 0.05) is 4.47 Å². The Morgan fingerprint density at radius 1 is 1.50 bits per heavy atom. The Hall–Kier alpha value is -1.07. The zero-order valence-corrected chi connectivity index (χ0v) is 12.2. The number of benzene rings is 1. The van der Waals surface area contributed by atoms with Gasteiger partial charge < -0.3 is 14.9 Å². The summed E-state index contributed by atoms with van der Waals surface area (Å²) in [4.78, 5) is 11.1. The first-order valence-electron chi connectivity index (χ1n) is 5.62. The van der Waals surface area contributed by atoms with E-state index >= 15 is 0 Å². The molecule has 0 spiro atoms. The lowest BCUT2D eigenvalue weighted by atomic mass is 9.94. The Labute approximate surface area is 115 Å². The highest BCUT2D eigenvalue weighted by atomic mass is 79.9. The van der Waals surface area contributed by atoms with Crippen molar-refractivity contribution in [3.63, 3.8) is 0 Å². The first-order chi connectivity index (χ1) is 8.24. The second-order valence-corrected chi connectivity index (χ2v) is 5.66. The van der Waals surface area contributed by atoms with Crippen LogP contribution in [0.3, 0.4) is 0 Å². The molecule has 0 aliphatic rings. The lowest BCUT2D eigenvalue weighted by Crippen LogP contribution is -2.38. The zero-order chi connectivity index (χ0) is 13.9. The third kappa shape index (κ3) is 3.71. The third-order valence-electron chi connectivity index (χ3n) is 2.94. The highest BCUT2D eigenvalue weighted by Crippen LogP contribution is 2.25. The molecule has 100 valence electrons. The van der Waals surface area contributed by atoms with E-state index < -0.39 is 11.6 Å². The molecule has 0 saturated heterocycles. The Bertz CT molecular complexity index is 441. The van der Waals surface area contributed by atoms with Crippen LogP contribution in [0.25, 0.3) is 0 Å². The maximum absolute atomic E-state index is 11.1.